The summed E-state index contributed by atoms with van der Waals surface area (Å²) in [5.74, 6) is -3.15. The third-order valence-electron chi connectivity index (χ3n) is 3.20. The molecule has 1 saturated heterocycles. The fourth-order valence-corrected chi connectivity index (χ4v) is 2.53. The van der Waals surface area contributed by atoms with Gasteiger partial charge in [-0.05, 0) is 24.1 Å². The van der Waals surface area contributed by atoms with Crippen LogP contribution in [0.3, 0.4) is 0 Å². The van der Waals surface area contributed by atoms with E-state index in [0.717, 1.165) is 24.1 Å². The van der Waals surface area contributed by atoms with Crippen LogP contribution in [0.4, 0.5) is 17.6 Å². The zero-order valence-corrected chi connectivity index (χ0v) is 10.9. The molecule has 0 aromatic heterocycles. The van der Waals surface area contributed by atoms with Crippen molar-refractivity contribution in [1.29, 1.82) is 0 Å². The molecule has 2 rings (SSSR count). The first-order valence-corrected chi connectivity index (χ1v) is 6.14. The van der Waals surface area contributed by atoms with Crippen LogP contribution in [0.1, 0.15) is 31.9 Å². The highest BCUT2D eigenvalue weighted by Gasteiger charge is 2.46. The van der Waals surface area contributed by atoms with E-state index in [1.165, 1.54) is 4.90 Å². The summed E-state index contributed by atoms with van der Waals surface area (Å²) in [7, 11) is 0. The van der Waals surface area contributed by atoms with Gasteiger partial charge in [0.1, 0.15) is 11.6 Å². The van der Waals surface area contributed by atoms with Crippen LogP contribution in [0.2, 0.25) is 0 Å². The van der Waals surface area contributed by atoms with Gasteiger partial charge < -0.3 is 0 Å². The van der Waals surface area contributed by atoms with Gasteiger partial charge in [0.15, 0.2) is 0 Å². The third-order valence-corrected chi connectivity index (χ3v) is 3.20. The van der Waals surface area contributed by atoms with Crippen molar-refractivity contribution >= 4 is 0 Å². The molecule has 0 amide bonds. The lowest BCUT2D eigenvalue weighted by molar-refractivity contribution is 0.0124. The Labute approximate surface area is 110 Å². The molecule has 0 aliphatic carbocycles. The molecule has 0 saturated carbocycles. The van der Waals surface area contributed by atoms with E-state index >= 15 is 0 Å². The lowest BCUT2D eigenvalue weighted by Gasteiger charge is -2.25. The highest BCUT2D eigenvalue weighted by atomic mass is 19.3. The summed E-state index contributed by atoms with van der Waals surface area (Å²) in [6.45, 7) is 3.60. The summed E-state index contributed by atoms with van der Waals surface area (Å²) in [5.41, 5.74) is 0.0124. The van der Waals surface area contributed by atoms with E-state index in [1.807, 2.05) is 13.8 Å². The van der Waals surface area contributed by atoms with Crippen molar-refractivity contribution < 1.29 is 17.6 Å². The molecule has 1 radical (unpaired) electrons. The van der Waals surface area contributed by atoms with E-state index in [1.54, 1.807) is 0 Å². The van der Waals surface area contributed by atoms with E-state index in [-0.39, 0.29) is 5.56 Å². The number of halogens is 4. The zero-order valence-electron chi connectivity index (χ0n) is 10.9. The second-order valence-electron chi connectivity index (χ2n) is 5.35. The Morgan fingerprint density at radius 3 is 2.63 bits per heavy atom. The number of likely N-dealkylation sites (tertiary alicyclic amines) is 1. The van der Waals surface area contributed by atoms with Crippen LogP contribution in [0.25, 0.3) is 0 Å². The summed E-state index contributed by atoms with van der Waals surface area (Å²) in [6.07, 6.45) is -0.472. The Hall–Kier alpha value is -1.10. The fourth-order valence-electron chi connectivity index (χ4n) is 2.53. The van der Waals surface area contributed by atoms with E-state index in [0.29, 0.717) is 6.54 Å². The molecule has 1 fully saturated rings. The van der Waals surface area contributed by atoms with Crippen LogP contribution in [0.5, 0.6) is 0 Å². The van der Waals surface area contributed by atoms with Gasteiger partial charge in [-0.3, -0.25) is 4.90 Å². The van der Waals surface area contributed by atoms with Crippen molar-refractivity contribution in [2.45, 2.75) is 32.2 Å². The molecule has 1 atom stereocenters. The molecule has 1 heterocycles. The van der Waals surface area contributed by atoms with Crippen molar-refractivity contribution in [3.63, 3.8) is 0 Å². The maximum Gasteiger partial charge on any atom is 0.262 e. The number of hydrogen-bond donors (Lipinski definition) is 0. The minimum Gasteiger partial charge on any atom is -0.290 e. The van der Waals surface area contributed by atoms with Crippen molar-refractivity contribution in [2.24, 2.45) is 0 Å². The molecule has 1 aromatic carbocycles. The maximum atomic E-state index is 13.7. The first kappa shape index (κ1) is 14.3. The fraction of sp³-hybridized carbons (Fsp3) is 0.500. The predicted octanol–water partition coefficient (Wildman–Crippen LogP) is 3.96. The van der Waals surface area contributed by atoms with Gasteiger partial charge >= 0.3 is 0 Å². The summed E-state index contributed by atoms with van der Waals surface area (Å²) < 4.78 is 54.0. The van der Waals surface area contributed by atoms with Crippen LogP contribution >= 0.6 is 0 Å². The standard InChI is InChI=1S/C14H16F4N/c1-9(2)7-19-8-14(17,18)6-13(19)11-5-10(15)3-4-12(11)16/h3-5,13H,6-8H2,1-2H3. The van der Waals surface area contributed by atoms with Gasteiger partial charge in [-0.15, -0.1) is 0 Å². The SMILES string of the molecule is C[C](C)CN1CC(F)(F)CC1c1cc(F)ccc1F. The van der Waals surface area contributed by atoms with Gasteiger partial charge in [0, 0.05) is 24.6 Å². The number of benzene rings is 1. The minimum atomic E-state index is -2.86. The van der Waals surface area contributed by atoms with Crippen molar-refractivity contribution in [3.8, 4) is 0 Å². The normalized spacial score (nSPS) is 23.2. The number of hydrogen-bond acceptors (Lipinski definition) is 1. The van der Waals surface area contributed by atoms with E-state index in [9.17, 15) is 17.6 Å². The Morgan fingerprint density at radius 2 is 2.00 bits per heavy atom. The van der Waals surface area contributed by atoms with Crippen LogP contribution in [0.15, 0.2) is 18.2 Å². The quantitative estimate of drug-likeness (QED) is 0.754. The first-order valence-electron chi connectivity index (χ1n) is 6.14. The minimum absolute atomic E-state index is 0.0124. The van der Waals surface area contributed by atoms with Crippen molar-refractivity contribution in [3.05, 3.63) is 41.3 Å². The molecule has 0 bridgehead atoms. The van der Waals surface area contributed by atoms with Gasteiger partial charge in [-0.1, -0.05) is 13.8 Å². The second-order valence-corrected chi connectivity index (χ2v) is 5.35. The maximum absolute atomic E-state index is 13.7. The highest BCUT2D eigenvalue weighted by Crippen LogP contribution is 2.42. The lowest BCUT2D eigenvalue weighted by Crippen LogP contribution is -2.30. The van der Waals surface area contributed by atoms with Crippen LogP contribution < -0.4 is 0 Å². The molecule has 1 aliphatic heterocycles. The Kier molecular flexibility index (Phi) is 3.85. The van der Waals surface area contributed by atoms with Crippen LogP contribution in [0, 0.1) is 17.6 Å². The lowest BCUT2D eigenvalue weighted by atomic mass is 10.0. The summed E-state index contributed by atoms with van der Waals surface area (Å²) in [4.78, 5) is 1.51. The van der Waals surface area contributed by atoms with Gasteiger partial charge in [-0.25, -0.2) is 17.6 Å². The molecule has 0 N–H and O–H groups in total. The van der Waals surface area contributed by atoms with Crippen LogP contribution in [-0.2, 0) is 0 Å². The molecule has 1 nitrogen and oxygen atoms in total. The molecule has 1 aliphatic rings. The van der Waals surface area contributed by atoms with Gasteiger partial charge in [0.2, 0.25) is 0 Å². The molecular weight excluding hydrogens is 258 g/mol. The Morgan fingerprint density at radius 1 is 1.32 bits per heavy atom. The van der Waals surface area contributed by atoms with E-state index in [2.05, 4.69) is 0 Å². The molecule has 0 spiro atoms. The molecule has 5 heteroatoms. The third kappa shape index (κ3) is 3.26. The molecule has 19 heavy (non-hydrogen) atoms. The number of alkyl halides is 2. The monoisotopic (exact) mass is 274 g/mol. The summed E-state index contributed by atoms with van der Waals surface area (Å²) >= 11 is 0. The zero-order chi connectivity index (χ0) is 14.2. The van der Waals surface area contributed by atoms with Crippen molar-refractivity contribution in [1.82, 2.24) is 4.90 Å². The topological polar surface area (TPSA) is 3.24 Å². The van der Waals surface area contributed by atoms with E-state index in [4.69, 9.17) is 0 Å². The first-order chi connectivity index (χ1) is 8.78. The molecule has 1 aromatic rings. The molecular formula is C14H16F4N. The average Bonchev–Trinajstić information content (AvgIpc) is 2.56. The number of nitrogens with zero attached hydrogens (tertiary/aromatic N) is 1. The summed E-state index contributed by atoms with van der Waals surface area (Å²) in [5, 5.41) is 0. The summed E-state index contributed by atoms with van der Waals surface area (Å²) in [6, 6.07) is 2.22. The Balaban J connectivity index is 2.32. The largest absolute Gasteiger partial charge is 0.290 e. The smallest absolute Gasteiger partial charge is 0.262 e. The molecule has 105 valence electrons. The second kappa shape index (κ2) is 5.12. The van der Waals surface area contributed by atoms with Crippen molar-refractivity contribution in [2.75, 3.05) is 13.1 Å². The predicted molar refractivity (Wildman–Crippen MR) is 64.8 cm³/mol. The average molecular weight is 274 g/mol. The van der Waals surface area contributed by atoms with Crippen LogP contribution in [-0.4, -0.2) is 23.9 Å². The van der Waals surface area contributed by atoms with E-state index < -0.39 is 36.6 Å². The van der Waals surface area contributed by atoms with Gasteiger partial charge in [0.05, 0.1) is 6.54 Å². The van der Waals surface area contributed by atoms with Gasteiger partial charge in [0.25, 0.3) is 5.92 Å². The Bertz CT molecular complexity index is 459. The molecule has 1 unspecified atom stereocenters. The van der Waals surface area contributed by atoms with Gasteiger partial charge in [-0.2, -0.15) is 0 Å². The number of rotatable bonds is 3. The highest BCUT2D eigenvalue weighted by molar-refractivity contribution is 5.24.